The van der Waals surface area contributed by atoms with E-state index in [-0.39, 0.29) is 18.3 Å². The molecular formula is C21H17FN4O2. The van der Waals surface area contributed by atoms with Crippen molar-refractivity contribution >= 4 is 0 Å². The Balaban J connectivity index is 1.74. The lowest BCUT2D eigenvalue weighted by Gasteiger charge is -2.25. The van der Waals surface area contributed by atoms with Crippen molar-refractivity contribution in [1.82, 2.24) is 10.2 Å². The molecule has 0 saturated carbocycles. The number of nitrogens with one attached hydrogen (secondary N) is 1. The Kier molecular flexibility index (Phi) is 4.45. The molecule has 1 atom stereocenters. The third-order valence-electron chi connectivity index (χ3n) is 4.67. The second-order valence-electron chi connectivity index (χ2n) is 6.45. The minimum absolute atomic E-state index is 0.0276. The number of hydrogen-bond donors (Lipinski definition) is 2. The normalized spacial score (nSPS) is 15.5. The Morgan fingerprint density at radius 1 is 1.25 bits per heavy atom. The average Bonchev–Trinajstić information content (AvgIpc) is 3.07. The van der Waals surface area contributed by atoms with Gasteiger partial charge in [-0.05, 0) is 30.7 Å². The SMILES string of the molecule is Cc1[nH]nc2c1[C@H](c1ccccc1OCc1ccc(F)cc1)C(C#N)=C(N)O2. The van der Waals surface area contributed by atoms with Gasteiger partial charge in [0.15, 0.2) is 0 Å². The highest BCUT2D eigenvalue weighted by Gasteiger charge is 2.35. The van der Waals surface area contributed by atoms with Gasteiger partial charge in [-0.2, -0.15) is 5.26 Å². The number of nitrogens with zero attached hydrogens (tertiary/aromatic N) is 2. The van der Waals surface area contributed by atoms with E-state index in [4.69, 9.17) is 15.2 Å². The first-order chi connectivity index (χ1) is 13.6. The number of benzene rings is 2. The van der Waals surface area contributed by atoms with Gasteiger partial charge in [0.25, 0.3) is 0 Å². The molecule has 0 fully saturated rings. The molecule has 2 aromatic carbocycles. The summed E-state index contributed by atoms with van der Waals surface area (Å²) in [4.78, 5) is 0. The van der Waals surface area contributed by atoms with E-state index in [1.165, 1.54) is 12.1 Å². The summed E-state index contributed by atoms with van der Waals surface area (Å²) >= 11 is 0. The second kappa shape index (κ2) is 7.08. The number of hydrogen-bond acceptors (Lipinski definition) is 5. The molecule has 2 heterocycles. The molecule has 0 aliphatic carbocycles. The van der Waals surface area contributed by atoms with Crippen LogP contribution in [-0.2, 0) is 6.61 Å². The maximum absolute atomic E-state index is 13.1. The standard InChI is InChI=1S/C21H17FN4O2/c1-12-18-19(16(10-23)20(24)28-21(18)26-25-12)15-4-2-3-5-17(15)27-11-13-6-8-14(22)9-7-13/h2-9,19H,11,24H2,1H3,(H,25,26)/t19-/m1/s1. The van der Waals surface area contributed by atoms with Crippen LogP contribution >= 0.6 is 0 Å². The van der Waals surface area contributed by atoms with E-state index in [2.05, 4.69) is 16.3 Å². The smallest absolute Gasteiger partial charge is 0.244 e. The summed E-state index contributed by atoms with van der Waals surface area (Å²) in [5, 5.41) is 16.7. The van der Waals surface area contributed by atoms with Gasteiger partial charge in [-0.25, -0.2) is 4.39 Å². The zero-order valence-corrected chi connectivity index (χ0v) is 15.1. The molecule has 1 aliphatic heterocycles. The second-order valence-corrected chi connectivity index (χ2v) is 6.45. The fourth-order valence-corrected chi connectivity index (χ4v) is 3.30. The Labute approximate surface area is 161 Å². The molecule has 6 nitrogen and oxygen atoms in total. The fourth-order valence-electron chi connectivity index (χ4n) is 3.30. The van der Waals surface area contributed by atoms with E-state index in [1.54, 1.807) is 12.1 Å². The van der Waals surface area contributed by atoms with Crippen molar-refractivity contribution < 1.29 is 13.9 Å². The lowest BCUT2D eigenvalue weighted by atomic mass is 9.83. The van der Waals surface area contributed by atoms with Crippen molar-refractivity contribution in [3.8, 4) is 17.7 Å². The summed E-state index contributed by atoms with van der Waals surface area (Å²) < 4.78 is 24.6. The predicted octanol–water partition coefficient (Wildman–Crippen LogP) is 3.65. The maximum atomic E-state index is 13.1. The molecule has 4 rings (SSSR count). The number of para-hydroxylation sites is 1. The first kappa shape index (κ1) is 17.6. The largest absolute Gasteiger partial charge is 0.489 e. The van der Waals surface area contributed by atoms with Gasteiger partial charge >= 0.3 is 0 Å². The van der Waals surface area contributed by atoms with Crippen molar-refractivity contribution in [2.45, 2.75) is 19.4 Å². The van der Waals surface area contributed by atoms with E-state index >= 15 is 0 Å². The van der Waals surface area contributed by atoms with Crippen LogP contribution in [0.4, 0.5) is 4.39 Å². The highest BCUT2D eigenvalue weighted by atomic mass is 19.1. The first-order valence-corrected chi connectivity index (χ1v) is 8.67. The summed E-state index contributed by atoms with van der Waals surface area (Å²) in [5.74, 6) is 0.225. The molecule has 7 heteroatoms. The number of ether oxygens (including phenoxy) is 2. The first-order valence-electron chi connectivity index (χ1n) is 8.67. The number of fused-ring (bicyclic) bond motifs is 1. The van der Waals surface area contributed by atoms with E-state index < -0.39 is 5.92 Å². The zero-order chi connectivity index (χ0) is 19.7. The monoisotopic (exact) mass is 376 g/mol. The molecule has 3 N–H and O–H groups in total. The van der Waals surface area contributed by atoms with Gasteiger partial charge in [0, 0.05) is 16.8 Å². The van der Waals surface area contributed by atoms with E-state index in [0.717, 1.165) is 22.4 Å². The Hall–Kier alpha value is -3.79. The van der Waals surface area contributed by atoms with E-state index in [1.807, 2.05) is 31.2 Å². The third kappa shape index (κ3) is 3.05. The van der Waals surface area contributed by atoms with Crippen molar-refractivity contribution in [3.63, 3.8) is 0 Å². The number of aromatic nitrogens is 2. The Morgan fingerprint density at radius 2 is 2.00 bits per heavy atom. The van der Waals surface area contributed by atoms with Crippen molar-refractivity contribution in [2.24, 2.45) is 5.73 Å². The molecule has 140 valence electrons. The lowest BCUT2D eigenvalue weighted by Crippen LogP contribution is -2.21. The molecule has 0 radical (unpaired) electrons. The van der Waals surface area contributed by atoms with Crippen LogP contribution < -0.4 is 15.2 Å². The van der Waals surface area contributed by atoms with Gasteiger partial charge in [-0.1, -0.05) is 30.3 Å². The van der Waals surface area contributed by atoms with Gasteiger partial charge < -0.3 is 15.2 Å². The molecule has 0 amide bonds. The molecule has 3 aromatic rings. The van der Waals surface area contributed by atoms with Crippen LogP contribution in [0.25, 0.3) is 0 Å². The molecule has 0 bridgehead atoms. The number of H-pyrrole nitrogens is 1. The highest BCUT2D eigenvalue weighted by Crippen LogP contribution is 2.45. The van der Waals surface area contributed by atoms with Gasteiger partial charge in [0.2, 0.25) is 11.8 Å². The molecule has 0 spiro atoms. The Morgan fingerprint density at radius 3 is 2.75 bits per heavy atom. The fraction of sp³-hybridized carbons (Fsp3) is 0.143. The maximum Gasteiger partial charge on any atom is 0.244 e. The third-order valence-corrected chi connectivity index (χ3v) is 4.67. The van der Waals surface area contributed by atoms with Gasteiger partial charge in [-0.3, -0.25) is 5.10 Å². The van der Waals surface area contributed by atoms with Crippen LogP contribution in [0.2, 0.25) is 0 Å². The van der Waals surface area contributed by atoms with Crippen LogP contribution in [0.15, 0.2) is 60.0 Å². The van der Waals surface area contributed by atoms with Gasteiger partial charge in [0.05, 0.1) is 5.92 Å². The molecule has 28 heavy (non-hydrogen) atoms. The Bertz CT molecular complexity index is 1100. The summed E-state index contributed by atoms with van der Waals surface area (Å²) in [6, 6.07) is 15.7. The number of halogens is 1. The minimum Gasteiger partial charge on any atom is -0.489 e. The zero-order valence-electron chi connectivity index (χ0n) is 15.1. The van der Waals surface area contributed by atoms with Crippen molar-refractivity contribution in [3.05, 3.63) is 88.2 Å². The summed E-state index contributed by atoms with van der Waals surface area (Å²) in [7, 11) is 0. The van der Waals surface area contributed by atoms with Crippen LogP contribution in [0.3, 0.4) is 0 Å². The number of aryl methyl sites for hydroxylation is 1. The quantitative estimate of drug-likeness (QED) is 0.724. The van der Waals surface area contributed by atoms with Crippen LogP contribution in [0.1, 0.15) is 28.3 Å². The molecule has 1 aromatic heterocycles. The number of nitrogens with two attached hydrogens (primary N) is 1. The summed E-state index contributed by atoms with van der Waals surface area (Å²) in [6.45, 7) is 2.12. The number of aromatic amines is 1. The van der Waals surface area contributed by atoms with Gasteiger partial charge in [0.1, 0.15) is 29.8 Å². The van der Waals surface area contributed by atoms with E-state index in [0.29, 0.717) is 17.2 Å². The number of nitriles is 1. The predicted molar refractivity (Wildman–Crippen MR) is 99.8 cm³/mol. The van der Waals surface area contributed by atoms with Crippen LogP contribution in [0, 0.1) is 24.1 Å². The molecule has 0 unspecified atom stereocenters. The topological polar surface area (TPSA) is 97.0 Å². The lowest BCUT2D eigenvalue weighted by molar-refractivity contribution is 0.301. The summed E-state index contributed by atoms with van der Waals surface area (Å²) in [5.41, 5.74) is 9.42. The number of rotatable bonds is 4. The average molecular weight is 376 g/mol. The van der Waals surface area contributed by atoms with Gasteiger partial charge in [-0.15, -0.1) is 5.10 Å². The number of allylic oxidation sites excluding steroid dienone is 1. The van der Waals surface area contributed by atoms with E-state index in [9.17, 15) is 9.65 Å². The minimum atomic E-state index is -0.461. The van der Waals surface area contributed by atoms with Crippen molar-refractivity contribution in [1.29, 1.82) is 5.26 Å². The van der Waals surface area contributed by atoms with Crippen molar-refractivity contribution in [2.75, 3.05) is 0 Å². The molecule has 0 saturated heterocycles. The summed E-state index contributed by atoms with van der Waals surface area (Å²) in [6.07, 6.45) is 0. The highest BCUT2D eigenvalue weighted by molar-refractivity contribution is 5.57. The molecular weight excluding hydrogens is 359 g/mol. The van der Waals surface area contributed by atoms with Crippen LogP contribution in [0.5, 0.6) is 11.6 Å². The van der Waals surface area contributed by atoms with Crippen LogP contribution in [-0.4, -0.2) is 10.2 Å². The molecule has 1 aliphatic rings.